The van der Waals surface area contributed by atoms with Gasteiger partial charge < -0.3 is 50.1 Å². The highest BCUT2D eigenvalue weighted by molar-refractivity contribution is 6.34. The summed E-state index contributed by atoms with van der Waals surface area (Å²) in [6.07, 6.45) is 5.81. The van der Waals surface area contributed by atoms with Crippen LogP contribution in [-0.2, 0) is 28.4 Å². The number of nitrogens with zero attached hydrogens (tertiary/aromatic N) is 6. The molecule has 324 valence electrons. The van der Waals surface area contributed by atoms with Crippen molar-refractivity contribution in [2.24, 2.45) is 19.8 Å². The molecule has 3 aromatic heterocycles. The number of aromatic nitrogens is 4. The number of carbonyl (C=O) groups is 5. The second-order valence-electron chi connectivity index (χ2n) is 14.0. The van der Waals surface area contributed by atoms with Crippen molar-refractivity contribution in [2.45, 2.75) is 45.1 Å². The molecule has 20 heteroatoms. The first-order chi connectivity index (χ1) is 28.6. The molecule has 5 N–H and O–H groups in total. The van der Waals surface area contributed by atoms with Crippen LogP contribution in [0.15, 0.2) is 48.8 Å². The highest BCUT2D eigenvalue weighted by Gasteiger charge is 2.25. The van der Waals surface area contributed by atoms with Crippen LogP contribution in [-0.4, -0.2) is 113 Å². The Bertz CT molecular complexity index is 2140. The highest BCUT2D eigenvalue weighted by Crippen LogP contribution is 2.29. The predicted octanol–water partition coefficient (Wildman–Crippen LogP) is 4.51. The predicted molar refractivity (Wildman–Crippen MR) is 221 cm³/mol. The van der Waals surface area contributed by atoms with Gasteiger partial charge in [-0.1, -0.05) is 24.9 Å². The Hall–Kier alpha value is -6.08. The Labute approximate surface area is 351 Å². The van der Waals surface area contributed by atoms with E-state index in [-0.39, 0.29) is 76.7 Å². The zero-order valence-corrected chi connectivity index (χ0v) is 35.0. The van der Waals surface area contributed by atoms with E-state index >= 15 is 0 Å². The maximum atomic E-state index is 14.8. The maximum Gasteiger partial charge on any atom is 0.407 e. The number of benzene rings is 1. The molecule has 0 aliphatic carbocycles. The monoisotopic (exact) mass is 856 g/mol. The van der Waals surface area contributed by atoms with E-state index in [1.165, 1.54) is 39.9 Å². The lowest BCUT2D eigenvalue weighted by Crippen LogP contribution is -2.46. The third-order valence-corrected chi connectivity index (χ3v) is 9.68. The average molecular weight is 857 g/mol. The quantitative estimate of drug-likeness (QED) is 0.0916. The number of halogens is 3. The van der Waals surface area contributed by atoms with E-state index in [4.69, 9.17) is 26.8 Å². The fourth-order valence-corrected chi connectivity index (χ4v) is 6.34. The Kier molecular flexibility index (Phi) is 17.3. The molecule has 0 radical (unpaired) electrons. The molecule has 0 atom stereocenters. The molecule has 4 heterocycles. The van der Waals surface area contributed by atoms with E-state index in [1.807, 2.05) is 6.92 Å². The van der Waals surface area contributed by atoms with Gasteiger partial charge in [0.25, 0.3) is 17.7 Å². The summed E-state index contributed by atoms with van der Waals surface area (Å²) in [6.45, 7) is 4.14. The molecule has 60 heavy (non-hydrogen) atoms. The lowest BCUT2D eigenvalue weighted by Gasteiger charge is -2.32. The number of alkyl carbamates (subject to hydrolysis) is 1. The number of piperidine rings is 1. The van der Waals surface area contributed by atoms with Crippen molar-refractivity contribution in [1.29, 1.82) is 0 Å². The van der Waals surface area contributed by atoms with Crippen LogP contribution >= 0.6 is 11.6 Å². The Morgan fingerprint density at radius 2 is 1.73 bits per heavy atom. The number of pyridine rings is 1. The lowest BCUT2D eigenvalue weighted by molar-refractivity contribution is -0.133. The minimum atomic E-state index is -0.876. The number of anilines is 2. The number of ether oxygens (including phenoxy) is 2. The van der Waals surface area contributed by atoms with Gasteiger partial charge in [-0.2, -0.15) is 9.37 Å². The second kappa shape index (κ2) is 22.3. The number of nitrogens with two attached hydrogens (primary N) is 1. The average Bonchev–Trinajstić information content (AvgIpc) is 3.82. The Morgan fingerprint density at radius 3 is 2.35 bits per heavy atom. The van der Waals surface area contributed by atoms with Crippen molar-refractivity contribution in [2.75, 3.05) is 63.8 Å². The number of aryl methyl sites for hydroxylation is 1. The third kappa shape index (κ3) is 13.0. The van der Waals surface area contributed by atoms with Crippen molar-refractivity contribution < 1.29 is 42.2 Å². The van der Waals surface area contributed by atoms with Gasteiger partial charge in [0.15, 0.2) is 17.5 Å². The van der Waals surface area contributed by atoms with E-state index in [0.29, 0.717) is 44.8 Å². The molecule has 0 spiro atoms. The zero-order valence-electron chi connectivity index (χ0n) is 34.2. The molecule has 17 nitrogen and oxygen atoms in total. The van der Waals surface area contributed by atoms with Gasteiger partial charge in [0, 0.05) is 71.9 Å². The third-order valence-electron chi connectivity index (χ3n) is 9.37. The maximum absolute atomic E-state index is 14.8. The van der Waals surface area contributed by atoms with E-state index in [9.17, 15) is 32.8 Å². The molecule has 1 saturated heterocycles. The molecule has 1 aliphatic heterocycles. The lowest BCUT2D eigenvalue weighted by atomic mass is 10.0. The van der Waals surface area contributed by atoms with Crippen LogP contribution in [0.4, 0.5) is 25.1 Å². The number of amides is 5. The fourth-order valence-electron chi connectivity index (χ4n) is 6.08. The number of unbranched alkanes of at least 4 members (excludes halogenated alkanes) is 1. The number of imidazole rings is 1. The molecule has 1 fully saturated rings. The molecule has 4 aromatic rings. The summed E-state index contributed by atoms with van der Waals surface area (Å²) in [7, 11) is 6.37. The van der Waals surface area contributed by atoms with Gasteiger partial charge in [-0.25, -0.2) is 14.2 Å². The van der Waals surface area contributed by atoms with Crippen LogP contribution in [0.25, 0.3) is 11.3 Å². The highest BCUT2D eigenvalue weighted by atomic mass is 35.5. The summed E-state index contributed by atoms with van der Waals surface area (Å²) >= 11 is 6.44. The number of likely N-dealkylation sites (tertiary alicyclic amines) is 1. The van der Waals surface area contributed by atoms with Crippen molar-refractivity contribution in [1.82, 2.24) is 34.6 Å². The van der Waals surface area contributed by atoms with Gasteiger partial charge in [-0.05, 0) is 55.7 Å². The molecule has 0 saturated carbocycles. The standard InChI is InChI=1S/C35H44ClF2N7O6.C5H7N3O/c1-5-6-17-51-35(49)39-14-19-50-18-13-30(46)45-15-11-22(12-16-45)40-33(47)24-8-7-23(20-26(24)36)41-34(48)29-10-9-28(44(29)4)25-21-27(37)32(43(2)3)42-31(25)38;1-8-3-2-7-5(8)4(6)9/h7-10,20-22H,5-6,11-19H2,1-4H3,(H,39,49)(H,40,47)(H,41,48);2-3H,1H3,(H2,6,9). The summed E-state index contributed by atoms with van der Waals surface area (Å²) < 4.78 is 42.8. The van der Waals surface area contributed by atoms with Gasteiger partial charge >= 0.3 is 6.09 Å². The number of nitrogens with one attached hydrogen (secondary N) is 3. The summed E-state index contributed by atoms with van der Waals surface area (Å²) in [5.41, 5.74) is 5.82. The number of rotatable bonds is 16. The number of hydrogen-bond acceptors (Lipinski definition) is 10. The van der Waals surface area contributed by atoms with E-state index in [0.717, 1.165) is 18.9 Å². The van der Waals surface area contributed by atoms with Gasteiger partial charge in [-0.3, -0.25) is 19.2 Å². The van der Waals surface area contributed by atoms with Crippen LogP contribution in [0.3, 0.4) is 0 Å². The minimum absolute atomic E-state index is 0.0457. The summed E-state index contributed by atoms with van der Waals surface area (Å²) in [6, 6.07) is 8.36. The molecular weight excluding hydrogens is 806 g/mol. The second-order valence-corrected chi connectivity index (χ2v) is 14.4. The smallest absolute Gasteiger partial charge is 0.407 e. The molecule has 1 aliphatic rings. The van der Waals surface area contributed by atoms with Crippen LogP contribution in [0.5, 0.6) is 0 Å². The number of hydrogen-bond donors (Lipinski definition) is 4. The van der Waals surface area contributed by atoms with Crippen molar-refractivity contribution in [3.8, 4) is 11.3 Å². The summed E-state index contributed by atoms with van der Waals surface area (Å²) in [4.78, 5) is 71.2. The van der Waals surface area contributed by atoms with Crippen molar-refractivity contribution in [3.05, 3.63) is 82.7 Å². The van der Waals surface area contributed by atoms with Gasteiger partial charge in [0.2, 0.25) is 11.9 Å². The molecule has 0 bridgehead atoms. The van der Waals surface area contributed by atoms with E-state index in [1.54, 1.807) is 49.9 Å². The van der Waals surface area contributed by atoms with Gasteiger partial charge in [0.1, 0.15) is 5.69 Å². The molecular formula is C40H51ClF2N10O7. The summed E-state index contributed by atoms with van der Waals surface area (Å²) in [5, 5.41) is 8.41. The van der Waals surface area contributed by atoms with E-state index < -0.39 is 29.7 Å². The van der Waals surface area contributed by atoms with Crippen LogP contribution < -0.4 is 26.6 Å². The minimum Gasteiger partial charge on any atom is -0.450 e. The summed E-state index contributed by atoms with van der Waals surface area (Å²) in [5.74, 6) is -2.88. The van der Waals surface area contributed by atoms with Crippen molar-refractivity contribution in [3.63, 3.8) is 0 Å². The molecule has 1 aromatic carbocycles. The number of primary amides is 1. The van der Waals surface area contributed by atoms with Gasteiger partial charge in [0.05, 0.1) is 48.1 Å². The first-order valence-electron chi connectivity index (χ1n) is 19.3. The SMILES string of the molecule is CCCCOC(=O)NCCOCCC(=O)N1CCC(NC(=O)c2ccc(NC(=O)c3ccc(-c4cc(F)c(N(C)C)nc4F)n3C)cc2Cl)CC1.Cn1ccnc1C(N)=O. The first kappa shape index (κ1) is 46.6. The van der Waals surface area contributed by atoms with Crippen LogP contribution in [0.1, 0.15) is 70.5 Å². The first-order valence-corrected chi connectivity index (χ1v) is 19.6. The topological polar surface area (TPSA) is 208 Å². The van der Waals surface area contributed by atoms with Gasteiger partial charge in [-0.15, -0.1) is 0 Å². The normalized spacial score (nSPS) is 12.6. The zero-order chi connectivity index (χ0) is 43.9. The molecule has 5 amide bonds. The van der Waals surface area contributed by atoms with Crippen molar-refractivity contribution >= 4 is 52.8 Å². The fraction of sp³-hybridized carbons (Fsp3) is 0.425. The van der Waals surface area contributed by atoms with Crippen LogP contribution in [0, 0.1) is 11.8 Å². The molecule has 5 rings (SSSR count). The Balaban J connectivity index is 0.000000778. The Morgan fingerprint density at radius 1 is 1.00 bits per heavy atom. The number of carbonyl (C=O) groups excluding carboxylic acids is 5. The van der Waals surface area contributed by atoms with E-state index in [2.05, 4.69) is 25.9 Å². The largest absolute Gasteiger partial charge is 0.450 e. The van der Waals surface area contributed by atoms with Crippen LogP contribution in [0.2, 0.25) is 5.02 Å². The molecule has 0 unspecified atom stereocenters.